The van der Waals surface area contributed by atoms with Gasteiger partial charge in [0, 0.05) is 12.4 Å². The number of nitrogens with zero attached hydrogens (tertiary/aromatic N) is 3. The van der Waals surface area contributed by atoms with E-state index in [9.17, 15) is 13.2 Å². The van der Waals surface area contributed by atoms with Crippen molar-refractivity contribution in [3.8, 4) is 0 Å². The van der Waals surface area contributed by atoms with Gasteiger partial charge in [0.2, 0.25) is 0 Å². The van der Waals surface area contributed by atoms with E-state index < -0.39 is 11.9 Å². The summed E-state index contributed by atoms with van der Waals surface area (Å²) >= 11 is 0.985. The van der Waals surface area contributed by atoms with Crippen LogP contribution in [0.15, 0.2) is 46.8 Å². The van der Waals surface area contributed by atoms with Crippen molar-refractivity contribution in [3.63, 3.8) is 0 Å². The molecule has 7 heteroatoms. The number of pyridine rings is 1. The Morgan fingerprint density at radius 1 is 1.00 bits per heavy atom. The van der Waals surface area contributed by atoms with Crippen LogP contribution >= 0.6 is 11.8 Å². The van der Waals surface area contributed by atoms with Gasteiger partial charge in [-0.2, -0.15) is 13.2 Å². The predicted octanol–water partition coefficient (Wildman–Crippen LogP) is 3.04. The Kier molecular flexibility index (Phi) is 3.28. The molecule has 0 spiro atoms. The second-order valence-corrected chi connectivity index (χ2v) is 3.98. The quantitative estimate of drug-likeness (QED) is 0.775. The first-order valence-electron chi connectivity index (χ1n) is 4.55. The smallest absolute Gasteiger partial charge is 0.249 e. The molecule has 3 nitrogen and oxygen atoms in total. The Morgan fingerprint density at radius 3 is 2.47 bits per heavy atom. The van der Waals surface area contributed by atoms with Gasteiger partial charge in [-0.25, -0.2) is 15.0 Å². The largest absolute Gasteiger partial charge is 0.433 e. The Balaban J connectivity index is 2.23. The molecule has 0 fully saturated rings. The Morgan fingerprint density at radius 2 is 1.82 bits per heavy atom. The molecule has 0 amide bonds. The van der Waals surface area contributed by atoms with E-state index in [-0.39, 0.29) is 5.16 Å². The Labute approximate surface area is 99.1 Å². The van der Waals surface area contributed by atoms with Gasteiger partial charge in [-0.1, -0.05) is 6.07 Å². The molecule has 0 radical (unpaired) electrons. The van der Waals surface area contributed by atoms with Gasteiger partial charge in [-0.05, 0) is 30.0 Å². The third kappa shape index (κ3) is 3.16. The molecule has 0 aromatic carbocycles. The highest BCUT2D eigenvalue weighted by atomic mass is 32.2. The van der Waals surface area contributed by atoms with E-state index >= 15 is 0 Å². The molecule has 0 saturated carbocycles. The Bertz CT molecular complexity index is 502. The molecule has 2 heterocycles. The minimum Gasteiger partial charge on any atom is -0.249 e. The highest BCUT2D eigenvalue weighted by molar-refractivity contribution is 7.99. The standard InChI is InChI=1S/C10H6F3N3S/c11-10(12,13)7-4-6-15-9(16-7)17-8-3-1-2-5-14-8/h1-6H. The number of rotatable bonds is 2. The number of halogens is 3. The van der Waals surface area contributed by atoms with E-state index in [4.69, 9.17) is 0 Å². The summed E-state index contributed by atoms with van der Waals surface area (Å²) in [5.41, 5.74) is -0.953. The Hall–Kier alpha value is -1.63. The molecule has 2 rings (SSSR count). The van der Waals surface area contributed by atoms with Gasteiger partial charge in [0.15, 0.2) is 5.16 Å². The lowest BCUT2D eigenvalue weighted by molar-refractivity contribution is -0.141. The van der Waals surface area contributed by atoms with Crippen LogP contribution in [0.1, 0.15) is 5.69 Å². The maximum atomic E-state index is 12.4. The van der Waals surface area contributed by atoms with Crippen molar-refractivity contribution in [3.05, 3.63) is 42.4 Å². The summed E-state index contributed by atoms with van der Waals surface area (Å²) in [6, 6.07) is 5.97. The zero-order valence-corrected chi connectivity index (χ0v) is 9.16. The van der Waals surface area contributed by atoms with Crippen LogP contribution in [0.2, 0.25) is 0 Å². The number of hydrogen-bond acceptors (Lipinski definition) is 4. The summed E-state index contributed by atoms with van der Waals surface area (Å²) < 4.78 is 37.2. The fourth-order valence-electron chi connectivity index (χ4n) is 1.05. The minimum atomic E-state index is -4.46. The second-order valence-electron chi connectivity index (χ2n) is 2.99. The average molecular weight is 257 g/mol. The van der Waals surface area contributed by atoms with Crippen LogP contribution in [0, 0.1) is 0 Å². The molecule has 17 heavy (non-hydrogen) atoms. The molecule has 0 saturated heterocycles. The number of hydrogen-bond donors (Lipinski definition) is 0. The van der Waals surface area contributed by atoms with Crippen molar-refractivity contribution >= 4 is 11.8 Å². The molecular formula is C10H6F3N3S. The van der Waals surface area contributed by atoms with Crippen LogP contribution in [0.3, 0.4) is 0 Å². The van der Waals surface area contributed by atoms with Crippen molar-refractivity contribution in [1.29, 1.82) is 0 Å². The first kappa shape index (κ1) is 11.8. The SMILES string of the molecule is FC(F)(F)c1ccnc(Sc2ccccn2)n1. The van der Waals surface area contributed by atoms with Crippen LogP contribution in [0.5, 0.6) is 0 Å². The van der Waals surface area contributed by atoms with Gasteiger partial charge in [0.05, 0.1) is 0 Å². The van der Waals surface area contributed by atoms with Crippen molar-refractivity contribution < 1.29 is 13.2 Å². The zero-order chi connectivity index (χ0) is 12.3. The molecule has 2 aromatic heterocycles. The van der Waals surface area contributed by atoms with Crippen LogP contribution in [0.25, 0.3) is 0 Å². The van der Waals surface area contributed by atoms with Gasteiger partial charge in [-0.3, -0.25) is 0 Å². The maximum absolute atomic E-state index is 12.4. The second kappa shape index (κ2) is 4.70. The van der Waals surface area contributed by atoms with Crippen LogP contribution in [-0.2, 0) is 6.18 Å². The fourth-order valence-corrected chi connectivity index (χ4v) is 1.75. The van der Waals surface area contributed by atoms with Gasteiger partial charge in [0.1, 0.15) is 10.7 Å². The molecule has 0 unspecified atom stereocenters. The molecule has 0 bridgehead atoms. The molecule has 0 atom stereocenters. The first-order chi connectivity index (χ1) is 8.05. The number of alkyl halides is 3. The maximum Gasteiger partial charge on any atom is 0.433 e. The lowest BCUT2D eigenvalue weighted by Crippen LogP contribution is -2.08. The normalized spacial score (nSPS) is 11.5. The summed E-state index contributed by atoms with van der Waals surface area (Å²) in [5.74, 6) is 0. The molecule has 2 aromatic rings. The van der Waals surface area contributed by atoms with Gasteiger partial charge < -0.3 is 0 Å². The summed E-state index contributed by atoms with van der Waals surface area (Å²) in [5, 5.41) is 0.574. The first-order valence-corrected chi connectivity index (χ1v) is 5.36. The van der Waals surface area contributed by atoms with Gasteiger partial charge in [0.25, 0.3) is 0 Å². The van der Waals surface area contributed by atoms with Crippen molar-refractivity contribution in [1.82, 2.24) is 15.0 Å². The van der Waals surface area contributed by atoms with E-state index in [0.717, 1.165) is 24.0 Å². The van der Waals surface area contributed by atoms with Crippen molar-refractivity contribution in [2.24, 2.45) is 0 Å². The van der Waals surface area contributed by atoms with E-state index in [1.54, 1.807) is 24.4 Å². The van der Waals surface area contributed by atoms with E-state index in [0.29, 0.717) is 5.03 Å². The molecule has 88 valence electrons. The monoisotopic (exact) mass is 257 g/mol. The molecule has 0 N–H and O–H groups in total. The third-order valence-corrected chi connectivity index (χ3v) is 2.59. The van der Waals surface area contributed by atoms with E-state index in [1.165, 1.54) is 0 Å². The van der Waals surface area contributed by atoms with Crippen LogP contribution in [-0.4, -0.2) is 15.0 Å². The van der Waals surface area contributed by atoms with Gasteiger partial charge >= 0.3 is 6.18 Å². The fraction of sp³-hybridized carbons (Fsp3) is 0.100. The zero-order valence-electron chi connectivity index (χ0n) is 8.35. The van der Waals surface area contributed by atoms with Crippen LogP contribution < -0.4 is 0 Å². The summed E-state index contributed by atoms with van der Waals surface area (Å²) in [6.45, 7) is 0. The molecule has 0 aliphatic carbocycles. The third-order valence-electron chi connectivity index (χ3n) is 1.76. The summed E-state index contributed by atoms with van der Waals surface area (Å²) in [4.78, 5) is 11.2. The molecule has 0 aliphatic rings. The molecular weight excluding hydrogens is 251 g/mol. The number of aromatic nitrogens is 3. The topological polar surface area (TPSA) is 38.7 Å². The van der Waals surface area contributed by atoms with E-state index in [2.05, 4.69) is 15.0 Å². The predicted molar refractivity (Wildman–Crippen MR) is 55.4 cm³/mol. The lowest BCUT2D eigenvalue weighted by atomic mass is 10.4. The van der Waals surface area contributed by atoms with Crippen molar-refractivity contribution in [2.45, 2.75) is 16.4 Å². The van der Waals surface area contributed by atoms with Crippen molar-refractivity contribution in [2.75, 3.05) is 0 Å². The van der Waals surface area contributed by atoms with E-state index in [1.807, 2.05) is 0 Å². The summed E-state index contributed by atoms with van der Waals surface area (Å²) in [7, 11) is 0. The highest BCUT2D eigenvalue weighted by Gasteiger charge is 2.32. The summed E-state index contributed by atoms with van der Waals surface area (Å²) in [6.07, 6.45) is -1.82. The average Bonchev–Trinajstić information content (AvgIpc) is 2.29. The van der Waals surface area contributed by atoms with Crippen LogP contribution in [0.4, 0.5) is 13.2 Å². The molecule has 0 aliphatic heterocycles. The van der Waals surface area contributed by atoms with Gasteiger partial charge in [-0.15, -0.1) is 0 Å². The highest BCUT2D eigenvalue weighted by Crippen LogP contribution is 2.29. The lowest BCUT2D eigenvalue weighted by Gasteiger charge is -2.06. The minimum absolute atomic E-state index is 0.0264.